The van der Waals surface area contributed by atoms with Crippen LogP contribution in [0, 0.1) is 0 Å². The molecule has 0 unspecified atom stereocenters. The number of nitrogens with zero attached hydrogens (tertiary/aromatic N) is 5. The van der Waals surface area contributed by atoms with Crippen molar-refractivity contribution in [3.8, 4) is 17.3 Å². The third-order valence-electron chi connectivity index (χ3n) is 4.41. The van der Waals surface area contributed by atoms with Crippen molar-refractivity contribution in [2.75, 3.05) is 45.7 Å². The minimum atomic E-state index is -0.890. The van der Waals surface area contributed by atoms with Gasteiger partial charge in [0.15, 0.2) is 5.82 Å². The summed E-state index contributed by atoms with van der Waals surface area (Å²) in [4.78, 5) is 36.9. The number of ether oxygens (including phenoxy) is 1. The Kier molecular flexibility index (Phi) is 8.48. The molecule has 0 saturated carbocycles. The summed E-state index contributed by atoms with van der Waals surface area (Å²) in [6.45, 7) is 1.04. The van der Waals surface area contributed by atoms with Crippen molar-refractivity contribution in [2.45, 2.75) is 19.3 Å². The second-order valence-electron chi connectivity index (χ2n) is 7.03. The van der Waals surface area contributed by atoms with Crippen LogP contribution in [0.1, 0.15) is 17.7 Å². The molecule has 0 saturated heterocycles. The van der Waals surface area contributed by atoms with Crippen molar-refractivity contribution >= 4 is 18.3 Å². The summed E-state index contributed by atoms with van der Waals surface area (Å²) in [6, 6.07) is 3.64. The molecule has 0 aliphatic heterocycles. The Labute approximate surface area is 175 Å². The van der Waals surface area contributed by atoms with Crippen LogP contribution < -0.4 is 9.64 Å². The predicted molar refractivity (Wildman–Crippen MR) is 111 cm³/mol. The number of hydrogen-bond donors (Lipinski definition) is 2. The largest absolute Gasteiger partial charge is 0.492 e. The van der Waals surface area contributed by atoms with Gasteiger partial charge in [0.1, 0.15) is 30.4 Å². The van der Waals surface area contributed by atoms with Gasteiger partial charge in [-0.05, 0) is 39.4 Å². The highest BCUT2D eigenvalue weighted by Crippen LogP contribution is 2.31. The van der Waals surface area contributed by atoms with E-state index in [0.29, 0.717) is 29.7 Å². The van der Waals surface area contributed by atoms with Crippen LogP contribution in [0.25, 0.3) is 11.5 Å². The smallest absolute Gasteiger partial charge is 0.323 e. The third-order valence-corrected chi connectivity index (χ3v) is 4.41. The molecule has 0 amide bonds. The Hall–Kier alpha value is -3.27. The summed E-state index contributed by atoms with van der Waals surface area (Å²) in [7, 11) is 5.73. The summed E-state index contributed by atoms with van der Waals surface area (Å²) < 4.78 is 5.78. The fraction of sp³-hybridized carbons (Fsp3) is 0.450. The van der Waals surface area contributed by atoms with Gasteiger partial charge >= 0.3 is 5.97 Å². The van der Waals surface area contributed by atoms with Gasteiger partial charge in [-0.3, -0.25) is 14.6 Å². The van der Waals surface area contributed by atoms with E-state index in [1.54, 1.807) is 18.1 Å². The zero-order chi connectivity index (χ0) is 22.1. The van der Waals surface area contributed by atoms with Crippen LogP contribution in [-0.4, -0.2) is 83.3 Å². The van der Waals surface area contributed by atoms with E-state index in [-0.39, 0.29) is 13.0 Å². The Morgan fingerprint density at radius 1 is 1.27 bits per heavy atom. The van der Waals surface area contributed by atoms with Crippen LogP contribution in [0.3, 0.4) is 0 Å². The molecule has 2 N–H and O–H groups in total. The van der Waals surface area contributed by atoms with Crippen LogP contribution in [-0.2, 0) is 22.4 Å². The molecule has 162 valence electrons. The topological polar surface area (TPSA) is 129 Å². The molecule has 2 heterocycles. The lowest BCUT2D eigenvalue weighted by molar-refractivity contribution is -0.135. The van der Waals surface area contributed by atoms with Gasteiger partial charge in [0.05, 0.1) is 0 Å². The highest BCUT2D eigenvalue weighted by atomic mass is 16.5. The fourth-order valence-corrected chi connectivity index (χ4v) is 3.09. The van der Waals surface area contributed by atoms with Crippen molar-refractivity contribution in [3.63, 3.8) is 0 Å². The first-order valence-corrected chi connectivity index (χ1v) is 9.50. The number of carboxylic acid groups (broad SMARTS) is 2. The summed E-state index contributed by atoms with van der Waals surface area (Å²) in [5, 5.41) is 16.0. The molecule has 2 aromatic rings. The Morgan fingerprint density at radius 3 is 2.67 bits per heavy atom. The summed E-state index contributed by atoms with van der Waals surface area (Å²) in [6.07, 6.45) is 4.42. The van der Waals surface area contributed by atoms with E-state index in [1.165, 1.54) is 0 Å². The van der Waals surface area contributed by atoms with Gasteiger partial charge in [-0.1, -0.05) is 0 Å². The molecule has 1 aliphatic carbocycles. The van der Waals surface area contributed by atoms with E-state index in [2.05, 4.69) is 19.9 Å². The van der Waals surface area contributed by atoms with Crippen LogP contribution >= 0.6 is 0 Å². The quantitative estimate of drug-likeness (QED) is 0.604. The molecule has 0 fully saturated rings. The van der Waals surface area contributed by atoms with E-state index in [4.69, 9.17) is 19.7 Å². The molecule has 0 bridgehead atoms. The van der Waals surface area contributed by atoms with Gasteiger partial charge in [-0.15, -0.1) is 0 Å². The lowest BCUT2D eigenvalue weighted by Gasteiger charge is -2.19. The molecule has 0 radical (unpaired) electrons. The van der Waals surface area contributed by atoms with Crippen molar-refractivity contribution in [1.82, 2.24) is 19.9 Å². The van der Waals surface area contributed by atoms with Gasteiger partial charge < -0.3 is 24.7 Å². The zero-order valence-electron chi connectivity index (χ0n) is 17.4. The number of likely N-dealkylation sites (N-methyl/N-ethyl adjacent to an activating group) is 2. The molecule has 10 nitrogen and oxygen atoms in total. The zero-order valence-corrected chi connectivity index (χ0v) is 17.4. The maximum absolute atomic E-state index is 11.1. The Morgan fingerprint density at radius 2 is 2.00 bits per heavy atom. The summed E-state index contributed by atoms with van der Waals surface area (Å²) in [5.41, 5.74) is 2.64. The number of aliphatic carboxylic acids is 1. The monoisotopic (exact) mass is 417 g/mol. The lowest BCUT2D eigenvalue weighted by atomic mass is 10.2. The van der Waals surface area contributed by atoms with Crippen molar-refractivity contribution in [2.24, 2.45) is 0 Å². The molecule has 30 heavy (non-hydrogen) atoms. The fourth-order valence-electron chi connectivity index (χ4n) is 3.09. The highest BCUT2D eigenvalue weighted by Gasteiger charge is 2.23. The number of pyridine rings is 1. The second kappa shape index (κ2) is 11.1. The third kappa shape index (κ3) is 6.38. The van der Waals surface area contributed by atoms with Crippen molar-refractivity contribution in [1.29, 1.82) is 0 Å². The average Bonchev–Trinajstić information content (AvgIpc) is 3.16. The first-order valence-electron chi connectivity index (χ1n) is 9.50. The SMILES string of the molecule is CN(C)CCOc1ccnc(-c2nc3c(c(N(C)CC(=O)O)n2)CCC3)c1.O=CO. The number of fused-ring (bicyclic) bond motifs is 1. The summed E-state index contributed by atoms with van der Waals surface area (Å²) in [5.74, 6) is 1.00. The maximum atomic E-state index is 11.1. The van der Waals surface area contributed by atoms with Crippen LogP contribution in [0.15, 0.2) is 18.3 Å². The first-order chi connectivity index (χ1) is 14.3. The van der Waals surface area contributed by atoms with Gasteiger partial charge in [0, 0.05) is 37.1 Å². The number of rotatable bonds is 8. The van der Waals surface area contributed by atoms with Crippen molar-refractivity contribution in [3.05, 3.63) is 29.6 Å². The van der Waals surface area contributed by atoms with E-state index in [1.807, 2.05) is 26.2 Å². The number of hydrogen-bond acceptors (Lipinski definition) is 8. The summed E-state index contributed by atoms with van der Waals surface area (Å²) >= 11 is 0. The van der Waals surface area contributed by atoms with Crippen molar-refractivity contribution < 1.29 is 24.5 Å². The number of anilines is 1. The van der Waals surface area contributed by atoms with E-state index in [0.717, 1.165) is 37.1 Å². The molecule has 0 aromatic carbocycles. The molecular weight excluding hydrogens is 390 g/mol. The number of aromatic nitrogens is 3. The molecule has 0 atom stereocenters. The molecule has 2 aromatic heterocycles. The Balaban J connectivity index is 0.00000101. The number of aryl methyl sites for hydroxylation is 1. The van der Waals surface area contributed by atoms with Gasteiger partial charge in [0.25, 0.3) is 6.47 Å². The number of carboxylic acids is 1. The lowest BCUT2D eigenvalue weighted by Crippen LogP contribution is -2.27. The van der Waals surface area contributed by atoms with Gasteiger partial charge in [0.2, 0.25) is 0 Å². The maximum Gasteiger partial charge on any atom is 0.323 e. The van der Waals surface area contributed by atoms with Gasteiger partial charge in [-0.2, -0.15) is 0 Å². The second-order valence-corrected chi connectivity index (χ2v) is 7.03. The first kappa shape index (κ1) is 23.0. The van der Waals surface area contributed by atoms with E-state index in [9.17, 15) is 4.79 Å². The minimum absolute atomic E-state index is 0.107. The molecule has 3 rings (SSSR count). The minimum Gasteiger partial charge on any atom is -0.492 e. The van der Waals surface area contributed by atoms with Crippen LogP contribution in [0.2, 0.25) is 0 Å². The standard InChI is InChI=1S/C19H25N5O3.CH2O2/c1-23(2)9-10-27-13-7-8-20-16(11-13)18-21-15-6-4-5-14(15)19(22-18)24(3)12-17(25)26;2-1-3/h7-8,11H,4-6,9-10,12H2,1-3H3,(H,25,26);1H,(H,2,3). The normalized spacial score (nSPS) is 12.0. The predicted octanol–water partition coefficient (Wildman–Crippen LogP) is 1.19. The Bertz CT molecular complexity index is 875. The highest BCUT2D eigenvalue weighted by molar-refractivity contribution is 5.74. The van der Waals surface area contributed by atoms with Crippen LogP contribution in [0.4, 0.5) is 5.82 Å². The molecular formula is C20H27N5O5. The molecule has 1 aliphatic rings. The van der Waals surface area contributed by atoms with E-state index >= 15 is 0 Å². The van der Waals surface area contributed by atoms with Crippen LogP contribution in [0.5, 0.6) is 5.75 Å². The van der Waals surface area contributed by atoms with Gasteiger partial charge in [-0.25, -0.2) is 9.97 Å². The average molecular weight is 417 g/mol. The molecule has 10 heteroatoms. The molecule has 0 spiro atoms. The number of carbonyl (C=O) groups is 2. The van der Waals surface area contributed by atoms with E-state index < -0.39 is 5.97 Å².